The number of amides is 2. The fourth-order valence-electron chi connectivity index (χ4n) is 1.92. The van der Waals surface area contributed by atoms with Crippen LogP contribution in [0, 0.1) is 5.41 Å². The van der Waals surface area contributed by atoms with Crippen molar-refractivity contribution >= 4 is 17.8 Å². The van der Waals surface area contributed by atoms with Gasteiger partial charge in [-0.05, 0) is 6.42 Å². The molecule has 2 aliphatic heterocycles. The molecule has 0 spiro atoms. The lowest BCUT2D eigenvalue weighted by atomic mass is 9.90. The van der Waals surface area contributed by atoms with E-state index < -0.39 is 17.4 Å². The second-order valence-electron chi connectivity index (χ2n) is 5.44. The summed E-state index contributed by atoms with van der Waals surface area (Å²) in [4.78, 5) is 40.0. The van der Waals surface area contributed by atoms with Crippen LogP contribution >= 0.6 is 0 Å². The van der Waals surface area contributed by atoms with Crippen molar-refractivity contribution in [1.82, 2.24) is 10.4 Å². The van der Waals surface area contributed by atoms with E-state index in [9.17, 15) is 14.4 Å². The van der Waals surface area contributed by atoms with Crippen molar-refractivity contribution < 1.29 is 19.2 Å². The lowest BCUT2D eigenvalue weighted by Gasteiger charge is -2.41. The highest BCUT2D eigenvalue weighted by Gasteiger charge is 2.51. The lowest BCUT2D eigenvalue weighted by molar-refractivity contribution is -0.215. The summed E-state index contributed by atoms with van der Waals surface area (Å²) in [5, 5.41) is 3.63. The zero-order valence-electron chi connectivity index (χ0n) is 10.1. The molecule has 6 nitrogen and oxygen atoms in total. The summed E-state index contributed by atoms with van der Waals surface area (Å²) in [7, 11) is 0. The van der Waals surface area contributed by atoms with Gasteiger partial charge in [0.05, 0.1) is 12.5 Å². The largest absolute Gasteiger partial charge is 0.349 e. The Labute approximate surface area is 99.2 Å². The smallest absolute Gasteiger partial charge is 0.332 e. The van der Waals surface area contributed by atoms with Gasteiger partial charge in [0, 0.05) is 5.41 Å². The Hall–Kier alpha value is -1.59. The topological polar surface area (TPSA) is 75.7 Å². The molecule has 2 rings (SSSR count). The van der Waals surface area contributed by atoms with Crippen LogP contribution in [0.5, 0.6) is 0 Å². The molecule has 0 unspecified atom stereocenters. The molecule has 0 aromatic carbocycles. The van der Waals surface area contributed by atoms with Crippen molar-refractivity contribution in [2.45, 2.75) is 45.7 Å². The van der Waals surface area contributed by atoms with Crippen molar-refractivity contribution in [3.8, 4) is 0 Å². The summed E-state index contributed by atoms with van der Waals surface area (Å²) < 4.78 is 0. The van der Waals surface area contributed by atoms with Crippen LogP contribution in [0.3, 0.4) is 0 Å². The number of fused-ring (bicyclic) bond motifs is 1. The van der Waals surface area contributed by atoms with Crippen LogP contribution in [-0.4, -0.2) is 34.9 Å². The summed E-state index contributed by atoms with van der Waals surface area (Å²) in [6.07, 6.45) is 0.735. The molecule has 2 heterocycles. The molecule has 2 fully saturated rings. The predicted octanol–water partition coefficient (Wildman–Crippen LogP) is -0.0199. The Bertz CT molecular complexity index is 383. The predicted molar refractivity (Wildman–Crippen MR) is 57.3 cm³/mol. The van der Waals surface area contributed by atoms with Crippen LogP contribution in [0.2, 0.25) is 0 Å². The summed E-state index contributed by atoms with van der Waals surface area (Å²) in [5.41, 5.74) is -0.689. The molecule has 1 N–H and O–H groups in total. The Balaban J connectivity index is 2.25. The monoisotopic (exact) mass is 240 g/mol. The van der Waals surface area contributed by atoms with E-state index in [-0.39, 0.29) is 24.3 Å². The number of rotatable bonds is 0. The molecule has 6 heteroatoms. The van der Waals surface area contributed by atoms with Gasteiger partial charge in [-0.15, -0.1) is 0 Å². The molecule has 0 aromatic rings. The first-order valence-corrected chi connectivity index (χ1v) is 5.65. The molecule has 2 atom stereocenters. The van der Waals surface area contributed by atoms with Gasteiger partial charge in [-0.1, -0.05) is 20.8 Å². The van der Waals surface area contributed by atoms with Crippen molar-refractivity contribution in [3.05, 3.63) is 0 Å². The molecule has 0 bridgehead atoms. The molecular formula is C11H16N2O4. The molecule has 94 valence electrons. The van der Waals surface area contributed by atoms with E-state index in [0.717, 1.165) is 5.06 Å². The lowest BCUT2D eigenvalue weighted by Crippen LogP contribution is -2.69. The van der Waals surface area contributed by atoms with Gasteiger partial charge >= 0.3 is 5.97 Å². The number of nitrogens with zero attached hydrogens (tertiary/aromatic N) is 1. The third-order valence-electron chi connectivity index (χ3n) is 2.93. The zero-order chi connectivity index (χ0) is 12.8. The minimum atomic E-state index is -0.689. The third-order valence-corrected chi connectivity index (χ3v) is 2.93. The van der Waals surface area contributed by atoms with E-state index in [1.54, 1.807) is 20.8 Å². The molecule has 17 heavy (non-hydrogen) atoms. The van der Waals surface area contributed by atoms with Crippen LogP contribution in [-0.2, 0) is 19.2 Å². The van der Waals surface area contributed by atoms with Gasteiger partial charge in [0.1, 0.15) is 0 Å². The summed E-state index contributed by atoms with van der Waals surface area (Å²) >= 11 is 0. The highest BCUT2D eigenvalue weighted by Crippen LogP contribution is 2.28. The molecule has 0 aromatic heterocycles. The number of hydrogen-bond donors (Lipinski definition) is 1. The third kappa shape index (κ3) is 1.99. The highest BCUT2D eigenvalue weighted by molar-refractivity contribution is 5.95. The SMILES string of the molecule is CC(C)(C)C(=O)N1OC(=O)CC[C@H]2NC(=O)[C@@H]21. The number of carbonyl (C=O) groups is 3. The van der Waals surface area contributed by atoms with E-state index in [0.29, 0.717) is 6.42 Å². The quantitative estimate of drug-likeness (QED) is 0.604. The maximum Gasteiger partial charge on any atom is 0.332 e. The number of hydrogen-bond acceptors (Lipinski definition) is 4. The van der Waals surface area contributed by atoms with Gasteiger partial charge < -0.3 is 10.2 Å². The van der Waals surface area contributed by atoms with Crippen LogP contribution in [0.25, 0.3) is 0 Å². The van der Waals surface area contributed by atoms with Gasteiger partial charge in [-0.2, -0.15) is 5.06 Å². The number of β-lactam (4-membered cyclic amide) rings is 1. The summed E-state index contributed by atoms with van der Waals surface area (Å²) in [5.74, 6) is -1.08. The molecule has 2 saturated heterocycles. The first-order valence-electron chi connectivity index (χ1n) is 5.65. The van der Waals surface area contributed by atoms with Gasteiger partial charge in [-0.3, -0.25) is 9.59 Å². The van der Waals surface area contributed by atoms with Crippen LogP contribution in [0.4, 0.5) is 0 Å². The van der Waals surface area contributed by atoms with E-state index >= 15 is 0 Å². The standard InChI is InChI=1S/C11H16N2O4/c1-11(2,3)10(16)13-8-6(12-9(8)15)4-5-7(14)17-13/h6,8H,4-5H2,1-3H3,(H,12,15)/t6-,8-/m1/s1. The average Bonchev–Trinajstić information content (AvgIpc) is 2.32. The van der Waals surface area contributed by atoms with Crippen LogP contribution < -0.4 is 5.32 Å². The maximum atomic E-state index is 12.1. The molecular weight excluding hydrogens is 224 g/mol. The van der Waals surface area contributed by atoms with Crippen LogP contribution in [0.15, 0.2) is 0 Å². The van der Waals surface area contributed by atoms with Crippen molar-refractivity contribution in [1.29, 1.82) is 0 Å². The van der Waals surface area contributed by atoms with Gasteiger partial charge in [0.15, 0.2) is 6.04 Å². The van der Waals surface area contributed by atoms with E-state index in [4.69, 9.17) is 4.84 Å². The fraction of sp³-hybridized carbons (Fsp3) is 0.727. The first-order chi connectivity index (χ1) is 7.80. The second-order valence-corrected chi connectivity index (χ2v) is 5.44. The van der Waals surface area contributed by atoms with Crippen LogP contribution in [0.1, 0.15) is 33.6 Å². The van der Waals surface area contributed by atoms with E-state index in [2.05, 4.69) is 5.32 Å². The Morgan fingerprint density at radius 1 is 1.41 bits per heavy atom. The van der Waals surface area contributed by atoms with Gasteiger partial charge in [-0.25, -0.2) is 4.79 Å². The average molecular weight is 240 g/mol. The molecule has 2 aliphatic rings. The first kappa shape index (κ1) is 11.9. The Kier molecular flexibility index (Phi) is 2.60. The molecule has 0 radical (unpaired) electrons. The molecule has 2 amide bonds. The molecule has 0 saturated carbocycles. The summed E-state index contributed by atoms with van der Waals surface area (Å²) in [6, 6.07) is -0.826. The Morgan fingerprint density at radius 2 is 2.06 bits per heavy atom. The number of nitrogens with one attached hydrogen (secondary N) is 1. The van der Waals surface area contributed by atoms with Crippen molar-refractivity contribution in [3.63, 3.8) is 0 Å². The minimum absolute atomic E-state index is 0.166. The van der Waals surface area contributed by atoms with E-state index in [1.807, 2.05) is 0 Å². The van der Waals surface area contributed by atoms with Crippen molar-refractivity contribution in [2.24, 2.45) is 5.41 Å². The summed E-state index contributed by atoms with van der Waals surface area (Å²) in [6.45, 7) is 5.17. The van der Waals surface area contributed by atoms with E-state index in [1.165, 1.54) is 0 Å². The number of hydroxylamine groups is 2. The van der Waals surface area contributed by atoms with Gasteiger partial charge in [0.2, 0.25) is 5.91 Å². The minimum Gasteiger partial charge on any atom is -0.349 e. The normalized spacial score (nSPS) is 28.5. The van der Waals surface area contributed by atoms with Gasteiger partial charge in [0.25, 0.3) is 5.91 Å². The fourth-order valence-corrected chi connectivity index (χ4v) is 1.92. The zero-order valence-corrected chi connectivity index (χ0v) is 10.1. The molecule has 0 aliphatic carbocycles. The number of carbonyl (C=O) groups excluding carboxylic acids is 3. The maximum absolute atomic E-state index is 12.1. The second kappa shape index (κ2) is 3.72. The Morgan fingerprint density at radius 3 is 2.59 bits per heavy atom. The van der Waals surface area contributed by atoms with Crippen molar-refractivity contribution in [2.75, 3.05) is 0 Å². The highest BCUT2D eigenvalue weighted by atomic mass is 16.7.